The van der Waals surface area contributed by atoms with Gasteiger partial charge in [0, 0.05) is 18.8 Å². The van der Waals surface area contributed by atoms with Crippen molar-refractivity contribution >= 4 is 47.6 Å². The molecule has 0 radical (unpaired) electrons. The summed E-state index contributed by atoms with van der Waals surface area (Å²) < 4.78 is 11.6. The van der Waals surface area contributed by atoms with E-state index in [1.54, 1.807) is 65.0 Å². The van der Waals surface area contributed by atoms with Gasteiger partial charge in [-0.05, 0) is 67.9 Å². The zero-order valence-electron chi connectivity index (χ0n) is 36.7. The van der Waals surface area contributed by atoms with Crippen LogP contribution in [0.25, 0.3) is 11.1 Å². The fourth-order valence-electron chi connectivity index (χ4n) is 7.37. The molecule has 1 aliphatic carbocycles. The predicted molar refractivity (Wildman–Crippen MR) is 233 cm³/mol. The average molecular weight is 887 g/mol. The van der Waals surface area contributed by atoms with Gasteiger partial charge in [0.15, 0.2) is 0 Å². The third kappa shape index (κ3) is 14.4. The quantitative estimate of drug-likeness (QED) is 0.0724. The molecule has 0 aromatic heterocycles. The smallest absolute Gasteiger partial charge is 0.407 e. The SMILES string of the molecule is CC(C)[C@H](NC(=O)OCC1c2ccccc2-c2ccccc21)C(=O)N[C@@H](CC(N)=O)C(=O)N[C@H](C(=O)N[C@@H](CCC(=O)O)C(=O)N[C@@H](Cc1ccccc1)C(=O)O)[C@@H](C)OC(C)(C)C. The number of alkyl carbamates (subject to hydrolysis) is 1. The maximum Gasteiger partial charge on any atom is 0.407 e. The fraction of sp³-hybridized carbons (Fsp3) is 0.435. The lowest BCUT2D eigenvalue weighted by atomic mass is 9.98. The van der Waals surface area contributed by atoms with Gasteiger partial charge in [0.25, 0.3) is 0 Å². The Labute approximate surface area is 371 Å². The van der Waals surface area contributed by atoms with Gasteiger partial charge >= 0.3 is 18.0 Å². The van der Waals surface area contributed by atoms with Crippen LogP contribution in [-0.4, -0.2) is 106 Å². The van der Waals surface area contributed by atoms with Crippen LogP contribution in [0.1, 0.15) is 83.4 Å². The number of carboxylic acids is 2. The van der Waals surface area contributed by atoms with E-state index in [1.165, 1.54) is 6.92 Å². The van der Waals surface area contributed by atoms with E-state index >= 15 is 0 Å². The average Bonchev–Trinajstić information content (AvgIpc) is 3.54. The maximum atomic E-state index is 14.1. The van der Waals surface area contributed by atoms with Crippen molar-refractivity contribution in [3.63, 3.8) is 0 Å². The lowest BCUT2D eigenvalue weighted by molar-refractivity contribution is -0.144. The molecule has 6 atom stereocenters. The number of carboxylic acid groups (broad SMARTS) is 2. The summed E-state index contributed by atoms with van der Waals surface area (Å²) in [7, 11) is 0. The van der Waals surface area contributed by atoms with E-state index in [2.05, 4.69) is 26.6 Å². The van der Waals surface area contributed by atoms with Crippen molar-refractivity contribution in [1.82, 2.24) is 26.6 Å². The van der Waals surface area contributed by atoms with Crippen molar-refractivity contribution in [3.8, 4) is 11.1 Å². The lowest BCUT2D eigenvalue weighted by Gasteiger charge is -2.33. The van der Waals surface area contributed by atoms with Gasteiger partial charge in [-0.25, -0.2) is 9.59 Å². The molecule has 4 rings (SSSR count). The van der Waals surface area contributed by atoms with Crippen LogP contribution in [-0.2, 0) is 49.5 Å². The van der Waals surface area contributed by atoms with Crippen LogP contribution >= 0.6 is 0 Å². The summed E-state index contributed by atoms with van der Waals surface area (Å²) in [5, 5.41) is 31.6. The first-order valence-corrected chi connectivity index (χ1v) is 20.9. The first-order chi connectivity index (χ1) is 30.1. The van der Waals surface area contributed by atoms with E-state index in [9.17, 15) is 48.6 Å². The number of amides is 6. The molecular formula is C46H58N6O12. The number of carbonyl (C=O) groups is 8. The number of hydrogen-bond donors (Lipinski definition) is 8. The molecule has 0 saturated carbocycles. The van der Waals surface area contributed by atoms with Crippen molar-refractivity contribution < 1.29 is 58.0 Å². The molecule has 18 heteroatoms. The Morgan fingerprint density at radius 3 is 1.70 bits per heavy atom. The number of nitrogens with two attached hydrogens (primary N) is 1. The van der Waals surface area contributed by atoms with E-state index in [0.29, 0.717) is 5.56 Å². The predicted octanol–water partition coefficient (Wildman–Crippen LogP) is 2.76. The Kier molecular flexibility index (Phi) is 17.5. The van der Waals surface area contributed by atoms with Gasteiger partial charge < -0.3 is 52.0 Å². The van der Waals surface area contributed by atoms with Crippen molar-refractivity contribution in [2.75, 3.05) is 6.61 Å². The highest BCUT2D eigenvalue weighted by Crippen LogP contribution is 2.44. The monoisotopic (exact) mass is 886 g/mol. The number of aliphatic carboxylic acids is 2. The highest BCUT2D eigenvalue weighted by Gasteiger charge is 2.38. The Morgan fingerprint density at radius 1 is 0.656 bits per heavy atom. The molecule has 0 unspecified atom stereocenters. The van der Waals surface area contributed by atoms with Gasteiger partial charge in [-0.3, -0.25) is 28.8 Å². The van der Waals surface area contributed by atoms with Crippen molar-refractivity contribution in [3.05, 3.63) is 95.6 Å². The highest BCUT2D eigenvalue weighted by atomic mass is 16.5. The number of fused-ring (bicyclic) bond motifs is 3. The molecule has 344 valence electrons. The fourth-order valence-corrected chi connectivity index (χ4v) is 7.37. The van der Waals surface area contributed by atoms with E-state index in [0.717, 1.165) is 22.3 Å². The van der Waals surface area contributed by atoms with Crippen LogP contribution in [0.2, 0.25) is 0 Å². The van der Waals surface area contributed by atoms with Gasteiger partial charge in [0.1, 0.15) is 36.8 Å². The standard InChI is InChI=1S/C46H58N6O12/c1-25(2)38(52-45(62)63-24-32-30-18-12-10-16-28(30)29-17-11-13-19-31(29)32)42(58)49-34(23-36(47)53)41(57)51-39(26(3)64-46(4,5)6)43(59)48-33(20-21-37(54)55)40(56)50-35(44(60)61)22-27-14-8-7-9-15-27/h7-19,25-26,32-35,38-39H,20-24H2,1-6H3,(H2,47,53)(H,48,59)(H,49,58)(H,50,56)(H,51,57)(H,52,62)(H,54,55)(H,60,61)/t26-,33+,34+,35+,38+,39+/m1/s1. The summed E-state index contributed by atoms with van der Waals surface area (Å²) in [4.78, 5) is 105. The molecular weight excluding hydrogens is 829 g/mol. The lowest BCUT2D eigenvalue weighted by Crippen LogP contribution is -2.62. The van der Waals surface area contributed by atoms with Crippen LogP contribution in [0.3, 0.4) is 0 Å². The van der Waals surface area contributed by atoms with E-state index < -0.39 is 115 Å². The van der Waals surface area contributed by atoms with Crippen LogP contribution in [0.4, 0.5) is 4.79 Å². The molecule has 6 amide bonds. The van der Waals surface area contributed by atoms with Gasteiger partial charge in [0.2, 0.25) is 29.5 Å². The Hall–Kier alpha value is -6.82. The third-order valence-electron chi connectivity index (χ3n) is 10.4. The number of benzene rings is 3. The molecule has 0 spiro atoms. The van der Waals surface area contributed by atoms with Gasteiger partial charge in [-0.2, -0.15) is 0 Å². The number of ether oxygens (including phenoxy) is 2. The minimum Gasteiger partial charge on any atom is -0.481 e. The first kappa shape index (κ1) is 49.8. The maximum absolute atomic E-state index is 14.1. The molecule has 18 nitrogen and oxygen atoms in total. The van der Waals surface area contributed by atoms with E-state index in [1.807, 2.05) is 48.5 Å². The molecule has 0 saturated heterocycles. The second kappa shape index (κ2) is 22.5. The second-order valence-corrected chi connectivity index (χ2v) is 16.9. The highest BCUT2D eigenvalue weighted by molar-refractivity contribution is 5.97. The number of hydrogen-bond acceptors (Lipinski definition) is 10. The van der Waals surface area contributed by atoms with Crippen molar-refractivity contribution in [2.24, 2.45) is 11.7 Å². The van der Waals surface area contributed by atoms with Crippen molar-refractivity contribution in [1.29, 1.82) is 0 Å². The summed E-state index contributed by atoms with van der Waals surface area (Å²) in [5.41, 5.74) is 9.19. The second-order valence-electron chi connectivity index (χ2n) is 16.9. The molecule has 9 N–H and O–H groups in total. The van der Waals surface area contributed by atoms with Crippen LogP contribution < -0.4 is 32.3 Å². The summed E-state index contributed by atoms with van der Waals surface area (Å²) in [5.74, 6) is -8.49. The Bertz CT molecular complexity index is 2130. The Balaban J connectivity index is 1.50. The third-order valence-corrected chi connectivity index (χ3v) is 10.4. The van der Waals surface area contributed by atoms with Crippen LogP contribution in [0.15, 0.2) is 78.9 Å². The molecule has 64 heavy (non-hydrogen) atoms. The molecule has 0 heterocycles. The number of rotatable bonds is 22. The molecule has 3 aromatic rings. The topological polar surface area (TPSA) is 282 Å². The number of nitrogens with one attached hydrogen (secondary N) is 5. The van der Waals surface area contributed by atoms with E-state index in [-0.39, 0.29) is 18.9 Å². The largest absolute Gasteiger partial charge is 0.481 e. The molecule has 0 aliphatic heterocycles. The van der Waals surface area contributed by atoms with Crippen LogP contribution in [0, 0.1) is 5.92 Å². The van der Waals surface area contributed by atoms with Crippen LogP contribution in [0.5, 0.6) is 0 Å². The van der Waals surface area contributed by atoms with E-state index in [4.69, 9.17) is 15.2 Å². The minimum absolute atomic E-state index is 0.0378. The van der Waals surface area contributed by atoms with Gasteiger partial charge in [-0.1, -0.05) is 92.7 Å². The minimum atomic E-state index is -1.69. The number of primary amides is 1. The molecule has 3 aromatic carbocycles. The summed E-state index contributed by atoms with van der Waals surface area (Å²) >= 11 is 0. The zero-order valence-corrected chi connectivity index (χ0v) is 36.7. The van der Waals surface area contributed by atoms with Gasteiger partial charge in [0.05, 0.1) is 18.1 Å². The van der Waals surface area contributed by atoms with Crippen molar-refractivity contribution in [2.45, 2.75) is 115 Å². The first-order valence-electron chi connectivity index (χ1n) is 20.9. The number of carbonyl (C=O) groups excluding carboxylic acids is 6. The molecule has 0 bridgehead atoms. The Morgan fingerprint density at radius 2 is 1.17 bits per heavy atom. The summed E-state index contributed by atoms with van der Waals surface area (Å²) in [6, 6.07) is 16.3. The molecule has 0 fully saturated rings. The summed E-state index contributed by atoms with van der Waals surface area (Å²) in [6.07, 6.45) is -3.99. The van der Waals surface area contributed by atoms with Gasteiger partial charge in [-0.15, -0.1) is 0 Å². The molecule has 1 aliphatic rings. The summed E-state index contributed by atoms with van der Waals surface area (Å²) in [6.45, 7) is 9.71. The normalized spacial score (nSPS) is 14.9. The zero-order chi connectivity index (χ0) is 47.3.